The minimum absolute atomic E-state index is 0.605. The number of nitrogens with one attached hydrogen (secondary N) is 1. The zero-order valence-corrected chi connectivity index (χ0v) is 13.5. The minimum Gasteiger partial charge on any atom is -0.360 e. The van der Waals surface area contributed by atoms with Gasteiger partial charge in [0.25, 0.3) is 0 Å². The molecule has 0 unspecified atom stereocenters. The molecule has 2 aromatic rings. The van der Waals surface area contributed by atoms with Gasteiger partial charge in [0.2, 0.25) is 5.13 Å². The van der Waals surface area contributed by atoms with Gasteiger partial charge in [0, 0.05) is 6.54 Å². The van der Waals surface area contributed by atoms with Crippen LogP contribution in [0.1, 0.15) is 37.9 Å². The number of aromatic nitrogens is 3. The third kappa shape index (κ3) is 3.73. The first-order valence-electron chi connectivity index (χ1n) is 6.64. The molecule has 2 aromatic heterocycles. The van der Waals surface area contributed by atoms with Gasteiger partial charge in [-0.05, 0) is 25.7 Å². The van der Waals surface area contributed by atoms with Crippen LogP contribution in [0.15, 0.2) is 0 Å². The monoisotopic (exact) mass is 296 g/mol. The Morgan fingerprint density at radius 2 is 2.00 bits per heavy atom. The molecule has 19 heavy (non-hydrogen) atoms. The number of hydrogen-bond donors (Lipinski definition) is 1. The highest BCUT2D eigenvalue weighted by Crippen LogP contribution is 2.34. The first-order valence-corrected chi connectivity index (χ1v) is 8.27. The van der Waals surface area contributed by atoms with Crippen LogP contribution in [0, 0.1) is 12.8 Å². The standard InChI is InChI=1S/C13H20N4S2/c1-5-6-10-15-9(4)11(18-10)12-16-17-13(19-12)14-7-8(2)3/h8H,5-7H2,1-4H3,(H,14,17). The Labute approximate surface area is 122 Å². The molecule has 104 valence electrons. The van der Waals surface area contributed by atoms with Gasteiger partial charge in [-0.15, -0.1) is 21.5 Å². The Hall–Kier alpha value is -1.01. The molecule has 0 spiro atoms. The van der Waals surface area contributed by atoms with Crippen LogP contribution >= 0.6 is 22.7 Å². The maximum atomic E-state index is 4.60. The Balaban J connectivity index is 2.13. The molecule has 0 aliphatic rings. The summed E-state index contributed by atoms with van der Waals surface area (Å²) in [6, 6.07) is 0. The lowest BCUT2D eigenvalue weighted by atomic mass is 10.2. The fraction of sp³-hybridized carbons (Fsp3) is 0.615. The molecule has 0 aliphatic carbocycles. The lowest BCUT2D eigenvalue weighted by Crippen LogP contribution is -2.07. The van der Waals surface area contributed by atoms with E-state index in [0.717, 1.165) is 35.2 Å². The van der Waals surface area contributed by atoms with Gasteiger partial charge in [0.1, 0.15) is 0 Å². The SMILES string of the molecule is CCCc1nc(C)c(-c2nnc(NCC(C)C)s2)s1. The van der Waals surface area contributed by atoms with Gasteiger partial charge in [-0.2, -0.15) is 0 Å². The average Bonchev–Trinajstić information content (AvgIpc) is 2.94. The normalized spacial score (nSPS) is 11.2. The van der Waals surface area contributed by atoms with Crippen molar-refractivity contribution in [2.75, 3.05) is 11.9 Å². The molecule has 6 heteroatoms. The Morgan fingerprint density at radius 1 is 1.21 bits per heavy atom. The van der Waals surface area contributed by atoms with E-state index < -0.39 is 0 Å². The molecule has 0 fully saturated rings. The van der Waals surface area contributed by atoms with Crippen LogP contribution < -0.4 is 5.32 Å². The number of anilines is 1. The van der Waals surface area contributed by atoms with E-state index in [1.165, 1.54) is 9.88 Å². The zero-order valence-electron chi connectivity index (χ0n) is 11.9. The smallest absolute Gasteiger partial charge is 0.206 e. The van der Waals surface area contributed by atoms with E-state index >= 15 is 0 Å². The second kappa shape index (κ2) is 6.43. The largest absolute Gasteiger partial charge is 0.360 e. The van der Waals surface area contributed by atoms with Crippen molar-refractivity contribution in [2.24, 2.45) is 5.92 Å². The molecule has 0 aromatic carbocycles. The van der Waals surface area contributed by atoms with Crippen molar-refractivity contribution in [1.29, 1.82) is 0 Å². The first-order chi connectivity index (χ1) is 9.10. The Kier molecular flexibility index (Phi) is 4.87. The van der Waals surface area contributed by atoms with E-state index in [-0.39, 0.29) is 0 Å². The topological polar surface area (TPSA) is 50.7 Å². The highest BCUT2D eigenvalue weighted by molar-refractivity contribution is 7.23. The van der Waals surface area contributed by atoms with Gasteiger partial charge in [0.05, 0.1) is 15.6 Å². The molecule has 1 N–H and O–H groups in total. The van der Waals surface area contributed by atoms with Gasteiger partial charge in [-0.25, -0.2) is 4.98 Å². The van der Waals surface area contributed by atoms with Crippen LogP contribution in [-0.4, -0.2) is 21.7 Å². The molecule has 2 rings (SSSR count). The van der Waals surface area contributed by atoms with E-state index in [0.29, 0.717) is 5.92 Å². The summed E-state index contributed by atoms with van der Waals surface area (Å²) in [6.45, 7) is 9.51. The van der Waals surface area contributed by atoms with Crippen LogP contribution in [-0.2, 0) is 6.42 Å². The Bertz CT molecular complexity index is 530. The summed E-state index contributed by atoms with van der Waals surface area (Å²) < 4.78 is 0. The number of nitrogens with zero attached hydrogens (tertiary/aromatic N) is 3. The van der Waals surface area contributed by atoms with Crippen LogP contribution in [0.25, 0.3) is 9.88 Å². The van der Waals surface area contributed by atoms with Crippen molar-refractivity contribution < 1.29 is 0 Å². The van der Waals surface area contributed by atoms with Crippen molar-refractivity contribution in [3.63, 3.8) is 0 Å². The van der Waals surface area contributed by atoms with E-state index in [1.54, 1.807) is 22.7 Å². The maximum absolute atomic E-state index is 4.60. The van der Waals surface area contributed by atoms with Gasteiger partial charge < -0.3 is 5.32 Å². The lowest BCUT2D eigenvalue weighted by Gasteiger charge is -2.03. The maximum Gasteiger partial charge on any atom is 0.206 e. The van der Waals surface area contributed by atoms with E-state index in [9.17, 15) is 0 Å². The van der Waals surface area contributed by atoms with E-state index in [2.05, 4.69) is 41.3 Å². The van der Waals surface area contributed by atoms with Crippen molar-refractivity contribution in [2.45, 2.75) is 40.5 Å². The highest BCUT2D eigenvalue weighted by Gasteiger charge is 2.14. The minimum atomic E-state index is 0.605. The molecular formula is C13H20N4S2. The molecule has 0 radical (unpaired) electrons. The highest BCUT2D eigenvalue weighted by atomic mass is 32.1. The third-order valence-corrected chi connectivity index (χ3v) is 4.84. The molecule has 0 bridgehead atoms. The predicted octanol–water partition coefficient (Wildman–Crippen LogP) is 3.99. The van der Waals surface area contributed by atoms with Crippen LogP contribution in [0.2, 0.25) is 0 Å². The third-order valence-electron chi connectivity index (χ3n) is 2.59. The molecule has 0 amide bonds. The summed E-state index contributed by atoms with van der Waals surface area (Å²) in [5.74, 6) is 0.605. The molecule has 0 aliphatic heterocycles. The summed E-state index contributed by atoms with van der Waals surface area (Å²) in [4.78, 5) is 5.76. The second-order valence-corrected chi connectivity index (χ2v) is 7.02. The molecular weight excluding hydrogens is 276 g/mol. The number of thiazole rings is 1. The summed E-state index contributed by atoms with van der Waals surface area (Å²) in [6.07, 6.45) is 2.17. The lowest BCUT2D eigenvalue weighted by molar-refractivity contribution is 0.687. The summed E-state index contributed by atoms with van der Waals surface area (Å²) in [5, 5.41) is 14.9. The molecule has 0 saturated carbocycles. The average molecular weight is 296 g/mol. The second-order valence-electron chi connectivity index (χ2n) is 4.96. The van der Waals surface area contributed by atoms with Gasteiger partial charge in [-0.3, -0.25) is 0 Å². The van der Waals surface area contributed by atoms with Crippen molar-refractivity contribution in [3.8, 4) is 9.88 Å². The zero-order chi connectivity index (χ0) is 13.8. The van der Waals surface area contributed by atoms with E-state index in [1.807, 2.05) is 6.92 Å². The van der Waals surface area contributed by atoms with Crippen molar-refractivity contribution in [3.05, 3.63) is 10.7 Å². The summed E-state index contributed by atoms with van der Waals surface area (Å²) in [5.41, 5.74) is 1.07. The fourth-order valence-corrected chi connectivity index (χ4v) is 3.69. The summed E-state index contributed by atoms with van der Waals surface area (Å²) >= 11 is 3.35. The van der Waals surface area contributed by atoms with Gasteiger partial charge in [-0.1, -0.05) is 32.1 Å². The van der Waals surface area contributed by atoms with Gasteiger partial charge >= 0.3 is 0 Å². The van der Waals surface area contributed by atoms with E-state index in [4.69, 9.17) is 0 Å². The quantitative estimate of drug-likeness (QED) is 0.875. The van der Waals surface area contributed by atoms with Crippen LogP contribution in [0.4, 0.5) is 5.13 Å². The van der Waals surface area contributed by atoms with Crippen molar-refractivity contribution in [1.82, 2.24) is 15.2 Å². The molecule has 0 atom stereocenters. The molecule has 0 saturated heterocycles. The molecule has 2 heterocycles. The van der Waals surface area contributed by atoms with Crippen molar-refractivity contribution >= 4 is 27.8 Å². The summed E-state index contributed by atoms with van der Waals surface area (Å²) in [7, 11) is 0. The molecule has 4 nitrogen and oxygen atoms in total. The van der Waals surface area contributed by atoms with Crippen LogP contribution in [0.5, 0.6) is 0 Å². The first kappa shape index (κ1) is 14.4. The van der Waals surface area contributed by atoms with Crippen LogP contribution in [0.3, 0.4) is 0 Å². The van der Waals surface area contributed by atoms with Gasteiger partial charge in [0.15, 0.2) is 5.01 Å². The number of hydrogen-bond acceptors (Lipinski definition) is 6. The predicted molar refractivity (Wildman–Crippen MR) is 83.1 cm³/mol. The fourth-order valence-electron chi connectivity index (χ4n) is 1.65. The number of aryl methyl sites for hydroxylation is 2. The number of rotatable bonds is 6. The Morgan fingerprint density at radius 3 is 2.68 bits per heavy atom.